The number of hydrogen-bond acceptors (Lipinski definition) is 5. The van der Waals surface area contributed by atoms with Gasteiger partial charge in [0.25, 0.3) is 9.05 Å². The highest BCUT2D eigenvalue weighted by Crippen LogP contribution is 2.13. The quantitative estimate of drug-likeness (QED) is 0.758. The minimum atomic E-state index is -3.73. The summed E-state index contributed by atoms with van der Waals surface area (Å²) in [7, 11) is 1.47. The lowest BCUT2D eigenvalue weighted by molar-refractivity contribution is 0.567. The van der Waals surface area contributed by atoms with E-state index >= 15 is 0 Å². The molecule has 2 aromatic heterocycles. The Morgan fingerprint density at radius 3 is 2.76 bits per heavy atom. The first-order valence-electron chi connectivity index (χ1n) is 4.84. The molecule has 0 spiro atoms. The lowest BCUT2D eigenvalue weighted by Gasteiger charge is -2.02. The predicted octanol–water partition coefficient (Wildman–Crippen LogP) is 0.470. The third-order valence-electron chi connectivity index (χ3n) is 2.19. The van der Waals surface area contributed by atoms with Crippen molar-refractivity contribution < 1.29 is 8.42 Å². The van der Waals surface area contributed by atoms with Gasteiger partial charge in [0.05, 0.1) is 6.20 Å². The number of hydrogen-bond donors (Lipinski definition) is 0. The van der Waals surface area contributed by atoms with Gasteiger partial charge < -0.3 is 0 Å². The monoisotopic (exact) mass is 275 g/mol. The van der Waals surface area contributed by atoms with E-state index in [1.807, 2.05) is 6.92 Å². The van der Waals surface area contributed by atoms with Crippen LogP contribution in [-0.4, -0.2) is 33.0 Å². The Kier molecular flexibility index (Phi) is 3.16. The molecule has 0 aliphatic carbocycles. The van der Waals surface area contributed by atoms with E-state index in [0.717, 1.165) is 0 Å². The highest BCUT2D eigenvalue weighted by molar-refractivity contribution is 8.13. The van der Waals surface area contributed by atoms with Gasteiger partial charge in [-0.05, 0) is 6.92 Å². The molecule has 9 heteroatoms. The van der Waals surface area contributed by atoms with Crippen LogP contribution in [-0.2, 0) is 22.1 Å². The lowest BCUT2D eigenvalue weighted by atomic mass is 10.5. The first-order chi connectivity index (χ1) is 8.00. The standard InChI is InChI=1S/C8H10ClN5O2S/c1-2-14-8(10-6-12-14)5-13-4-7(3-11-13)17(9,15)16/h3-4,6H,2,5H2,1H3. The lowest BCUT2D eigenvalue weighted by Crippen LogP contribution is -2.09. The molecule has 0 radical (unpaired) electrons. The van der Waals surface area contributed by atoms with Crippen LogP contribution < -0.4 is 0 Å². The molecule has 0 unspecified atom stereocenters. The largest absolute Gasteiger partial charge is 0.264 e. The van der Waals surface area contributed by atoms with Crippen LogP contribution in [0.2, 0.25) is 0 Å². The van der Waals surface area contributed by atoms with Gasteiger partial charge in [-0.3, -0.25) is 4.68 Å². The molecule has 0 aromatic carbocycles. The summed E-state index contributed by atoms with van der Waals surface area (Å²) in [6.07, 6.45) is 4.01. The molecule has 0 aliphatic rings. The number of rotatable bonds is 4. The van der Waals surface area contributed by atoms with Crippen molar-refractivity contribution in [2.45, 2.75) is 24.9 Å². The summed E-state index contributed by atoms with van der Waals surface area (Å²) in [5, 5.41) is 7.91. The Balaban J connectivity index is 2.23. The summed E-state index contributed by atoms with van der Waals surface area (Å²) in [5.41, 5.74) is 0. The fourth-order valence-electron chi connectivity index (χ4n) is 1.38. The number of aryl methyl sites for hydroxylation is 1. The van der Waals surface area contributed by atoms with Crippen LogP contribution in [0.3, 0.4) is 0 Å². The van der Waals surface area contributed by atoms with Crippen LogP contribution in [0.4, 0.5) is 0 Å². The molecular formula is C8H10ClN5O2S. The van der Waals surface area contributed by atoms with Crippen molar-refractivity contribution in [1.82, 2.24) is 24.5 Å². The highest BCUT2D eigenvalue weighted by atomic mass is 35.7. The number of aromatic nitrogens is 5. The Labute approximate surface area is 102 Å². The SMILES string of the molecule is CCn1ncnc1Cn1cc(S(=O)(=O)Cl)cn1. The number of nitrogens with zero attached hydrogens (tertiary/aromatic N) is 5. The van der Waals surface area contributed by atoms with Crippen LogP contribution in [0.15, 0.2) is 23.6 Å². The molecule has 0 saturated heterocycles. The molecule has 0 N–H and O–H groups in total. The smallest absolute Gasteiger partial charge is 0.264 e. The zero-order chi connectivity index (χ0) is 12.5. The predicted molar refractivity (Wildman–Crippen MR) is 60.1 cm³/mol. The van der Waals surface area contributed by atoms with E-state index in [1.165, 1.54) is 23.4 Å². The van der Waals surface area contributed by atoms with Gasteiger partial charge in [-0.2, -0.15) is 10.2 Å². The second-order valence-electron chi connectivity index (χ2n) is 3.30. The van der Waals surface area contributed by atoms with Gasteiger partial charge in [0, 0.05) is 23.4 Å². The molecule has 0 aliphatic heterocycles. The third-order valence-corrected chi connectivity index (χ3v) is 3.50. The average Bonchev–Trinajstić information content (AvgIpc) is 2.86. The summed E-state index contributed by atoms with van der Waals surface area (Å²) in [6.45, 7) is 2.98. The molecule has 0 fully saturated rings. The maximum absolute atomic E-state index is 11.1. The van der Waals surface area contributed by atoms with E-state index < -0.39 is 9.05 Å². The van der Waals surface area contributed by atoms with Crippen LogP contribution in [0.1, 0.15) is 12.7 Å². The summed E-state index contributed by atoms with van der Waals surface area (Å²) in [5.74, 6) is 0.703. The highest BCUT2D eigenvalue weighted by Gasteiger charge is 2.13. The van der Waals surface area contributed by atoms with E-state index in [1.54, 1.807) is 4.68 Å². The fraction of sp³-hybridized carbons (Fsp3) is 0.375. The first kappa shape index (κ1) is 12.1. The van der Waals surface area contributed by atoms with E-state index in [9.17, 15) is 8.42 Å². The van der Waals surface area contributed by atoms with Crippen LogP contribution in [0.25, 0.3) is 0 Å². The molecule has 7 nitrogen and oxygen atoms in total. The Hall–Kier alpha value is -1.41. The molecule has 92 valence electrons. The Morgan fingerprint density at radius 2 is 2.18 bits per heavy atom. The van der Waals surface area contributed by atoms with E-state index in [2.05, 4.69) is 15.2 Å². The van der Waals surface area contributed by atoms with Gasteiger partial charge in [0.15, 0.2) is 0 Å². The topological polar surface area (TPSA) is 82.7 Å². The summed E-state index contributed by atoms with van der Waals surface area (Å²) in [6, 6.07) is 0. The molecule has 0 saturated carbocycles. The van der Waals surface area contributed by atoms with Crippen molar-refractivity contribution >= 4 is 19.7 Å². The van der Waals surface area contributed by atoms with Crippen molar-refractivity contribution in [2.75, 3.05) is 0 Å². The normalized spacial score (nSPS) is 11.9. The number of halogens is 1. The van der Waals surface area contributed by atoms with E-state index in [0.29, 0.717) is 18.9 Å². The van der Waals surface area contributed by atoms with Crippen molar-refractivity contribution in [1.29, 1.82) is 0 Å². The van der Waals surface area contributed by atoms with Crippen molar-refractivity contribution in [3.63, 3.8) is 0 Å². The Bertz CT molecular complexity index is 617. The molecule has 2 heterocycles. The molecule has 0 bridgehead atoms. The molecule has 17 heavy (non-hydrogen) atoms. The van der Waals surface area contributed by atoms with Crippen LogP contribution >= 0.6 is 10.7 Å². The zero-order valence-electron chi connectivity index (χ0n) is 8.99. The molecular weight excluding hydrogens is 266 g/mol. The third kappa shape index (κ3) is 2.64. The van der Waals surface area contributed by atoms with Gasteiger partial charge in [-0.1, -0.05) is 0 Å². The Morgan fingerprint density at radius 1 is 1.41 bits per heavy atom. The minimum Gasteiger partial charge on any atom is -0.264 e. The van der Waals surface area contributed by atoms with Gasteiger partial charge in [-0.15, -0.1) is 0 Å². The average molecular weight is 276 g/mol. The maximum Gasteiger partial charge on any atom is 0.264 e. The van der Waals surface area contributed by atoms with Crippen molar-refractivity contribution in [2.24, 2.45) is 0 Å². The van der Waals surface area contributed by atoms with E-state index in [4.69, 9.17) is 10.7 Å². The summed E-state index contributed by atoms with van der Waals surface area (Å²) in [4.78, 5) is 4.04. The molecule has 2 aromatic rings. The summed E-state index contributed by atoms with van der Waals surface area (Å²) >= 11 is 0. The minimum absolute atomic E-state index is 0.0262. The van der Waals surface area contributed by atoms with Crippen LogP contribution in [0, 0.1) is 0 Å². The fourth-order valence-corrected chi connectivity index (χ4v) is 2.04. The zero-order valence-corrected chi connectivity index (χ0v) is 10.6. The van der Waals surface area contributed by atoms with Crippen molar-refractivity contribution in [3.05, 3.63) is 24.5 Å². The van der Waals surface area contributed by atoms with E-state index in [-0.39, 0.29) is 4.90 Å². The molecule has 0 atom stereocenters. The first-order valence-corrected chi connectivity index (χ1v) is 7.15. The molecule has 0 amide bonds. The van der Waals surface area contributed by atoms with Gasteiger partial charge in [0.1, 0.15) is 23.6 Å². The van der Waals surface area contributed by atoms with Crippen molar-refractivity contribution in [3.8, 4) is 0 Å². The maximum atomic E-state index is 11.1. The second-order valence-corrected chi connectivity index (χ2v) is 5.87. The van der Waals surface area contributed by atoms with Gasteiger partial charge in [-0.25, -0.2) is 18.1 Å². The van der Waals surface area contributed by atoms with Gasteiger partial charge >= 0.3 is 0 Å². The second kappa shape index (κ2) is 4.46. The molecule has 2 rings (SSSR count). The van der Waals surface area contributed by atoms with Gasteiger partial charge in [0.2, 0.25) is 0 Å². The summed E-state index contributed by atoms with van der Waals surface area (Å²) < 4.78 is 25.3. The van der Waals surface area contributed by atoms with Crippen LogP contribution in [0.5, 0.6) is 0 Å².